The quantitative estimate of drug-likeness (QED) is 0.924. The molecule has 0 bridgehead atoms. The van der Waals surface area contributed by atoms with Crippen LogP contribution in [0.2, 0.25) is 0 Å². The summed E-state index contributed by atoms with van der Waals surface area (Å²) in [5, 5.41) is 7.58. The van der Waals surface area contributed by atoms with E-state index in [9.17, 15) is 0 Å². The SMILES string of the molecule is Cc1nc(CCn2cncc2C2CCCC(C)N2)no1. The third-order valence-electron chi connectivity index (χ3n) is 3.86. The van der Waals surface area contributed by atoms with Crippen molar-refractivity contribution < 1.29 is 4.52 Å². The zero-order chi connectivity index (χ0) is 13.9. The molecule has 1 N–H and O–H groups in total. The van der Waals surface area contributed by atoms with Gasteiger partial charge in [-0.1, -0.05) is 5.16 Å². The highest BCUT2D eigenvalue weighted by Crippen LogP contribution is 2.25. The fourth-order valence-electron chi connectivity index (χ4n) is 2.84. The molecule has 1 saturated heterocycles. The number of hydrogen-bond donors (Lipinski definition) is 1. The van der Waals surface area contributed by atoms with Gasteiger partial charge >= 0.3 is 0 Å². The lowest BCUT2D eigenvalue weighted by atomic mass is 9.97. The van der Waals surface area contributed by atoms with Crippen molar-refractivity contribution in [1.82, 2.24) is 25.0 Å². The smallest absolute Gasteiger partial charge is 0.223 e. The van der Waals surface area contributed by atoms with E-state index in [0.717, 1.165) is 18.8 Å². The van der Waals surface area contributed by atoms with E-state index in [1.807, 2.05) is 19.4 Å². The maximum atomic E-state index is 5.00. The molecular formula is C14H21N5O. The number of nitrogens with one attached hydrogen (secondary N) is 1. The molecule has 6 heteroatoms. The molecule has 0 aliphatic carbocycles. The number of imidazole rings is 1. The maximum Gasteiger partial charge on any atom is 0.223 e. The van der Waals surface area contributed by atoms with Crippen LogP contribution in [-0.4, -0.2) is 25.7 Å². The van der Waals surface area contributed by atoms with E-state index in [4.69, 9.17) is 4.52 Å². The first-order valence-corrected chi connectivity index (χ1v) is 7.27. The lowest BCUT2D eigenvalue weighted by Gasteiger charge is -2.29. The van der Waals surface area contributed by atoms with Crippen molar-refractivity contribution in [3.8, 4) is 0 Å². The highest BCUT2D eigenvalue weighted by atomic mass is 16.5. The first-order valence-electron chi connectivity index (χ1n) is 7.27. The second-order valence-electron chi connectivity index (χ2n) is 5.54. The largest absolute Gasteiger partial charge is 0.340 e. The minimum Gasteiger partial charge on any atom is -0.340 e. The Bertz CT molecular complexity index is 561. The van der Waals surface area contributed by atoms with Crippen molar-refractivity contribution in [3.05, 3.63) is 29.9 Å². The molecule has 2 aromatic heterocycles. The summed E-state index contributed by atoms with van der Waals surface area (Å²) < 4.78 is 7.19. The molecule has 3 rings (SSSR count). The van der Waals surface area contributed by atoms with Crippen LogP contribution < -0.4 is 5.32 Å². The van der Waals surface area contributed by atoms with Crippen LogP contribution >= 0.6 is 0 Å². The predicted molar refractivity (Wildman–Crippen MR) is 74.2 cm³/mol. The zero-order valence-corrected chi connectivity index (χ0v) is 12.0. The molecule has 108 valence electrons. The molecule has 2 unspecified atom stereocenters. The predicted octanol–water partition coefficient (Wildman–Crippen LogP) is 2.02. The summed E-state index contributed by atoms with van der Waals surface area (Å²) >= 11 is 0. The third-order valence-corrected chi connectivity index (χ3v) is 3.86. The molecule has 1 aliphatic rings. The van der Waals surface area contributed by atoms with Crippen LogP contribution in [0.5, 0.6) is 0 Å². The summed E-state index contributed by atoms with van der Waals surface area (Å²) in [6.07, 6.45) is 8.33. The molecule has 0 aromatic carbocycles. The standard InChI is InChI=1S/C14H21N5O/c1-10-4-3-5-12(16-10)13-8-15-9-19(13)7-6-14-17-11(2)20-18-14/h8-10,12,16H,3-7H2,1-2H3. The fourth-order valence-corrected chi connectivity index (χ4v) is 2.84. The molecule has 3 heterocycles. The normalized spacial score (nSPS) is 23.1. The van der Waals surface area contributed by atoms with Crippen molar-refractivity contribution in [1.29, 1.82) is 0 Å². The van der Waals surface area contributed by atoms with Crippen molar-refractivity contribution in [2.45, 2.75) is 58.2 Å². The van der Waals surface area contributed by atoms with Gasteiger partial charge < -0.3 is 14.4 Å². The van der Waals surface area contributed by atoms with E-state index in [1.54, 1.807) is 0 Å². The Morgan fingerprint density at radius 2 is 2.35 bits per heavy atom. The summed E-state index contributed by atoms with van der Waals surface area (Å²) in [6.45, 7) is 4.89. The second-order valence-corrected chi connectivity index (χ2v) is 5.54. The van der Waals surface area contributed by atoms with E-state index in [2.05, 4.69) is 31.9 Å². The third kappa shape index (κ3) is 2.90. The van der Waals surface area contributed by atoms with Gasteiger partial charge in [-0.3, -0.25) is 0 Å². The number of aromatic nitrogens is 4. The average molecular weight is 275 g/mol. The molecule has 6 nitrogen and oxygen atoms in total. The van der Waals surface area contributed by atoms with Crippen LogP contribution in [0.3, 0.4) is 0 Å². The minimum absolute atomic E-state index is 0.410. The Kier molecular flexibility index (Phi) is 3.82. The summed E-state index contributed by atoms with van der Waals surface area (Å²) in [4.78, 5) is 8.54. The lowest BCUT2D eigenvalue weighted by molar-refractivity contribution is 0.329. The highest BCUT2D eigenvalue weighted by Gasteiger charge is 2.22. The van der Waals surface area contributed by atoms with Crippen LogP contribution in [0.1, 0.15) is 49.6 Å². The number of nitrogens with zero attached hydrogens (tertiary/aromatic N) is 4. The van der Waals surface area contributed by atoms with Crippen LogP contribution in [0, 0.1) is 6.92 Å². The molecule has 0 radical (unpaired) electrons. The van der Waals surface area contributed by atoms with Crippen LogP contribution in [-0.2, 0) is 13.0 Å². The Morgan fingerprint density at radius 3 is 3.10 bits per heavy atom. The van der Waals surface area contributed by atoms with E-state index in [1.165, 1.54) is 25.0 Å². The van der Waals surface area contributed by atoms with E-state index >= 15 is 0 Å². The van der Waals surface area contributed by atoms with Crippen molar-refractivity contribution in [2.75, 3.05) is 0 Å². The lowest BCUT2D eigenvalue weighted by Crippen LogP contribution is -2.35. The summed E-state index contributed by atoms with van der Waals surface area (Å²) in [7, 11) is 0. The van der Waals surface area contributed by atoms with Gasteiger partial charge in [0.05, 0.1) is 12.0 Å². The van der Waals surface area contributed by atoms with E-state index in [0.29, 0.717) is 18.0 Å². The Labute approximate surface area is 118 Å². The summed E-state index contributed by atoms with van der Waals surface area (Å²) in [6, 6.07) is 0.991. The van der Waals surface area contributed by atoms with Gasteiger partial charge in [-0.15, -0.1) is 0 Å². The molecule has 1 fully saturated rings. The first kappa shape index (κ1) is 13.3. The highest BCUT2D eigenvalue weighted by molar-refractivity contribution is 5.07. The number of aryl methyl sites for hydroxylation is 3. The van der Waals surface area contributed by atoms with Gasteiger partial charge in [0, 0.05) is 38.2 Å². The minimum atomic E-state index is 0.410. The molecule has 2 aromatic rings. The molecule has 0 spiro atoms. The monoisotopic (exact) mass is 275 g/mol. The summed E-state index contributed by atoms with van der Waals surface area (Å²) in [5.74, 6) is 1.38. The van der Waals surface area contributed by atoms with Crippen molar-refractivity contribution >= 4 is 0 Å². The van der Waals surface area contributed by atoms with Gasteiger partial charge in [0.1, 0.15) is 0 Å². The van der Waals surface area contributed by atoms with Gasteiger partial charge in [0.2, 0.25) is 5.89 Å². The Morgan fingerprint density at radius 1 is 1.45 bits per heavy atom. The fraction of sp³-hybridized carbons (Fsp3) is 0.643. The maximum absolute atomic E-state index is 5.00. The van der Waals surface area contributed by atoms with Crippen LogP contribution in [0.25, 0.3) is 0 Å². The van der Waals surface area contributed by atoms with Gasteiger partial charge in [0.15, 0.2) is 5.82 Å². The van der Waals surface area contributed by atoms with Gasteiger partial charge in [-0.05, 0) is 26.2 Å². The molecule has 1 aliphatic heterocycles. The Balaban J connectivity index is 1.67. The van der Waals surface area contributed by atoms with Crippen molar-refractivity contribution in [2.24, 2.45) is 0 Å². The number of piperidine rings is 1. The van der Waals surface area contributed by atoms with Gasteiger partial charge in [0.25, 0.3) is 0 Å². The molecular weight excluding hydrogens is 254 g/mol. The molecule has 2 atom stereocenters. The zero-order valence-electron chi connectivity index (χ0n) is 12.0. The Hall–Kier alpha value is -1.69. The van der Waals surface area contributed by atoms with Gasteiger partial charge in [-0.25, -0.2) is 4.98 Å². The summed E-state index contributed by atoms with van der Waals surface area (Å²) in [5.41, 5.74) is 1.26. The van der Waals surface area contributed by atoms with Gasteiger partial charge in [-0.2, -0.15) is 4.98 Å². The number of hydrogen-bond acceptors (Lipinski definition) is 5. The number of rotatable bonds is 4. The molecule has 0 amide bonds. The van der Waals surface area contributed by atoms with E-state index < -0.39 is 0 Å². The second kappa shape index (κ2) is 5.75. The van der Waals surface area contributed by atoms with E-state index in [-0.39, 0.29) is 0 Å². The molecule has 20 heavy (non-hydrogen) atoms. The topological polar surface area (TPSA) is 68.8 Å². The van der Waals surface area contributed by atoms with Crippen molar-refractivity contribution in [3.63, 3.8) is 0 Å². The van der Waals surface area contributed by atoms with Crippen LogP contribution in [0.15, 0.2) is 17.0 Å². The van der Waals surface area contributed by atoms with Crippen LogP contribution in [0.4, 0.5) is 0 Å². The average Bonchev–Trinajstić information content (AvgIpc) is 3.05. The molecule has 0 saturated carbocycles. The first-order chi connectivity index (χ1) is 9.72.